The molecule has 4 heteroatoms. The van der Waals surface area contributed by atoms with Crippen molar-refractivity contribution in [2.45, 2.75) is 0 Å². The average Bonchev–Trinajstić information content (AvgIpc) is 1.87. The van der Waals surface area contributed by atoms with Gasteiger partial charge in [-0.05, 0) is 6.07 Å². The molecule has 0 aliphatic rings. The Morgan fingerprint density at radius 3 is 2.38 bits per heavy atom. The Labute approximate surface area is 94.1 Å². The van der Waals surface area contributed by atoms with E-state index in [2.05, 4.69) is 0 Å². The third-order valence-electron chi connectivity index (χ3n) is 0.596. The molecule has 2 nitrogen and oxygen atoms in total. The van der Waals surface area contributed by atoms with Gasteiger partial charge in [-0.2, -0.15) is 11.3 Å². The van der Waals surface area contributed by atoms with Crippen molar-refractivity contribution in [1.29, 1.82) is 0 Å². The van der Waals surface area contributed by atoms with Gasteiger partial charge in [0, 0.05) is 11.1 Å². The fourth-order valence-corrected chi connectivity index (χ4v) is 0.855. The molecule has 0 saturated heterocycles. The van der Waals surface area contributed by atoms with Crippen molar-refractivity contribution in [2.75, 3.05) is 5.73 Å². The van der Waals surface area contributed by atoms with Crippen LogP contribution in [0.25, 0.3) is 0 Å². The molecular weight excluding hydrogens is 149 g/mol. The Bertz CT molecular complexity index is 148. The molecule has 0 bridgehead atoms. The second kappa shape index (κ2) is 3.87. The quantitative estimate of drug-likeness (QED) is 0.416. The van der Waals surface area contributed by atoms with Crippen molar-refractivity contribution in [3.05, 3.63) is 11.4 Å². The van der Waals surface area contributed by atoms with E-state index in [1.165, 1.54) is 6.07 Å². The van der Waals surface area contributed by atoms with Gasteiger partial charge in [0.25, 0.3) is 0 Å². The number of hydrogen-bond acceptors (Lipinski definition) is 3. The fourth-order valence-electron chi connectivity index (χ4n) is 0.330. The summed E-state index contributed by atoms with van der Waals surface area (Å²) in [6.45, 7) is 0. The van der Waals surface area contributed by atoms with E-state index in [4.69, 9.17) is 5.73 Å². The van der Waals surface area contributed by atoms with Gasteiger partial charge in [0.05, 0.1) is 0 Å². The molecule has 38 valence electrons. The molecule has 8 heavy (non-hydrogen) atoms. The van der Waals surface area contributed by atoms with Gasteiger partial charge in [0.15, 0.2) is 0 Å². The fraction of sp³-hybridized carbons (Fsp3) is 0. The molecule has 0 aliphatic heterocycles. The molecular formula is C4H4KNOS. The zero-order chi connectivity index (χ0) is 5.28. The Kier molecular flexibility index (Phi) is 4.32. The molecule has 0 aliphatic carbocycles. The summed E-state index contributed by atoms with van der Waals surface area (Å²) in [5, 5.41) is 11.9. The molecule has 0 atom stereocenters. The van der Waals surface area contributed by atoms with Crippen LogP contribution in [0.3, 0.4) is 0 Å². The predicted molar refractivity (Wildman–Crippen MR) is 28.2 cm³/mol. The molecule has 0 fully saturated rings. The monoisotopic (exact) mass is 153 g/mol. The summed E-state index contributed by atoms with van der Waals surface area (Å²) in [6, 6.07) is 1.41. The first-order valence-electron chi connectivity index (χ1n) is 1.80. The van der Waals surface area contributed by atoms with Crippen LogP contribution in [0.4, 0.5) is 5.69 Å². The molecule has 1 rings (SSSR count). The van der Waals surface area contributed by atoms with Gasteiger partial charge in [-0.25, -0.2) is 0 Å². The van der Waals surface area contributed by atoms with Crippen LogP contribution in [0, 0.1) is 0 Å². The topological polar surface area (TPSA) is 49.1 Å². The third kappa shape index (κ3) is 2.48. The molecule has 0 spiro atoms. The summed E-state index contributed by atoms with van der Waals surface area (Å²) < 4.78 is 0. The van der Waals surface area contributed by atoms with Gasteiger partial charge < -0.3 is 10.8 Å². The maximum absolute atomic E-state index is 10.2. The van der Waals surface area contributed by atoms with Crippen molar-refractivity contribution in [3.63, 3.8) is 0 Å². The summed E-state index contributed by atoms with van der Waals surface area (Å²) in [5.74, 6) is 0. The minimum absolute atomic E-state index is 0. The zero-order valence-corrected chi connectivity index (χ0v) is 8.49. The molecule has 0 amide bonds. The van der Waals surface area contributed by atoms with Crippen LogP contribution >= 0.6 is 11.3 Å². The van der Waals surface area contributed by atoms with Crippen molar-refractivity contribution in [3.8, 4) is 5.06 Å². The molecule has 1 aromatic rings. The number of nitrogens with two attached hydrogens (primary N) is 1. The summed E-state index contributed by atoms with van der Waals surface area (Å²) in [4.78, 5) is 0. The molecule has 2 N–H and O–H groups in total. The third-order valence-corrected chi connectivity index (χ3v) is 1.34. The van der Waals surface area contributed by atoms with Crippen LogP contribution in [-0.2, 0) is 0 Å². The van der Waals surface area contributed by atoms with E-state index in [0.29, 0.717) is 5.69 Å². The van der Waals surface area contributed by atoms with Crippen LogP contribution in [0.15, 0.2) is 11.4 Å². The van der Waals surface area contributed by atoms with Crippen molar-refractivity contribution in [2.24, 2.45) is 0 Å². The van der Waals surface area contributed by atoms with Gasteiger partial charge >= 0.3 is 51.4 Å². The molecule has 0 aromatic carbocycles. The molecule has 1 heterocycles. The summed E-state index contributed by atoms with van der Waals surface area (Å²) in [6.07, 6.45) is 0. The molecule has 0 unspecified atom stereocenters. The van der Waals surface area contributed by atoms with Crippen LogP contribution in [0.2, 0.25) is 0 Å². The van der Waals surface area contributed by atoms with E-state index < -0.39 is 0 Å². The van der Waals surface area contributed by atoms with Crippen molar-refractivity contribution >= 4 is 17.0 Å². The summed E-state index contributed by atoms with van der Waals surface area (Å²) in [5.41, 5.74) is 5.75. The summed E-state index contributed by atoms with van der Waals surface area (Å²) >= 11 is 1.12. The minimum Gasteiger partial charge on any atom is -0.865 e. The van der Waals surface area contributed by atoms with Crippen LogP contribution in [0.1, 0.15) is 0 Å². The van der Waals surface area contributed by atoms with Crippen LogP contribution < -0.4 is 62.2 Å². The Hall–Kier alpha value is 0.936. The van der Waals surface area contributed by atoms with Gasteiger partial charge in [0.1, 0.15) is 0 Å². The maximum atomic E-state index is 10.2. The van der Waals surface area contributed by atoms with Gasteiger partial charge in [-0.1, -0.05) is 5.06 Å². The smallest absolute Gasteiger partial charge is 0.865 e. The van der Waals surface area contributed by atoms with E-state index >= 15 is 0 Å². The summed E-state index contributed by atoms with van der Waals surface area (Å²) in [7, 11) is 0. The van der Waals surface area contributed by atoms with Gasteiger partial charge in [0.2, 0.25) is 0 Å². The van der Waals surface area contributed by atoms with Gasteiger partial charge in [-0.15, -0.1) is 0 Å². The normalized spacial score (nSPS) is 8.00. The number of nitrogen functional groups attached to an aromatic ring is 1. The maximum Gasteiger partial charge on any atom is 1.00 e. The standard InChI is InChI=1S/C4H5NOS.K/c5-3-1-4(6)7-2-3;/h1-2,6H,5H2;/q;+1/p-1. The number of thiophene rings is 1. The Morgan fingerprint density at radius 1 is 1.62 bits per heavy atom. The molecule has 0 saturated carbocycles. The van der Waals surface area contributed by atoms with Crippen LogP contribution in [-0.4, -0.2) is 0 Å². The SMILES string of the molecule is Nc1csc([O-])c1.[K+]. The number of hydrogen-bond donors (Lipinski definition) is 1. The van der Waals surface area contributed by atoms with Crippen LogP contribution in [0.5, 0.6) is 5.06 Å². The first-order valence-corrected chi connectivity index (χ1v) is 2.68. The number of rotatable bonds is 0. The minimum atomic E-state index is 0. The number of anilines is 1. The Morgan fingerprint density at radius 2 is 2.25 bits per heavy atom. The average molecular weight is 153 g/mol. The molecule has 1 aromatic heterocycles. The Balaban J connectivity index is 0.000000490. The van der Waals surface area contributed by atoms with E-state index in [1.807, 2.05) is 0 Å². The molecule has 0 radical (unpaired) electrons. The van der Waals surface area contributed by atoms with Gasteiger partial charge in [-0.3, -0.25) is 0 Å². The first-order chi connectivity index (χ1) is 3.29. The zero-order valence-electron chi connectivity index (χ0n) is 4.55. The van der Waals surface area contributed by atoms with E-state index in [1.54, 1.807) is 5.38 Å². The van der Waals surface area contributed by atoms with E-state index in [-0.39, 0.29) is 56.4 Å². The largest absolute Gasteiger partial charge is 1.00 e. The van der Waals surface area contributed by atoms with Crippen molar-refractivity contribution < 1.29 is 56.5 Å². The second-order valence-corrected chi connectivity index (χ2v) is 2.07. The van der Waals surface area contributed by atoms with Crippen molar-refractivity contribution in [1.82, 2.24) is 0 Å². The van der Waals surface area contributed by atoms with E-state index in [9.17, 15) is 5.11 Å². The van der Waals surface area contributed by atoms with E-state index in [0.717, 1.165) is 11.3 Å². The predicted octanol–water partition coefficient (Wildman–Crippen LogP) is -2.59. The second-order valence-electron chi connectivity index (χ2n) is 1.20. The first kappa shape index (κ1) is 8.94.